The zero-order valence-electron chi connectivity index (χ0n) is 10.7. The third kappa shape index (κ3) is 2.90. The first-order valence-electron chi connectivity index (χ1n) is 5.51. The monoisotopic (exact) mass is 286 g/mol. The Labute approximate surface area is 113 Å². The number of carboxylic acid groups (broad SMARTS) is 1. The summed E-state index contributed by atoms with van der Waals surface area (Å²) in [7, 11) is 0. The van der Waals surface area contributed by atoms with Crippen molar-refractivity contribution < 1.29 is 19.6 Å². The average molecular weight is 286 g/mol. The van der Waals surface area contributed by atoms with Crippen LogP contribution in [-0.4, -0.2) is 38.9 Å². The predicted octanol–water partition coefficient (Wildman–Crippen LogP) is 1.98. The molecule has 0 aliphatic carbocycles. The largest absolute Gasteiger partial charge is 0.480 e. The summed E-state index contributed by atoms with van der Waals surface area (Å²) in [5, 5.41) is 19.6. The molecule has 0 spiro atoms. The summed E-state index contributed by atoms with van der Waals surface area (Å²) in [4.78, 5) is 34.7. The van der Waals surface area contributed by atoms with Gasteiger partial charge in [-0.25, -0.2) is 4.79 Å². The summed E-state index contributed by atoms with van der Waals surface area (Å²) >= 11 is 0.737. The Morgan fingerprint density at radius 2 is 2.05 bits per heavy atom. The Hall–Kier alpha value is -1.96. The van der Waals surface area contributed by atoms with E-state index in [1.54, 1.807) is 6.92 Å². The van der Waals surface area contributed by atoms with Crippen LogP contribution in [0.4, 0.5) is 5.00 Å². The van der Waals surface area contributed by atoms with Crippen LogP contribution in [0.15, 0.2) is 12.1 Å². The fourth-order valence-electron chi connectivity index (χ4n) is 1.58. The predicted molar refractivity (Wildman–Crippen MR) is 69.4 cm³/mol. The van der Waals surface area contributed by atoms with Crippen LogP contribution in [0.5, 0.6) is 0 Å². The van der Waals surface area contributed by atoms with E-state index in [9.17, 15) is 19.7 Å². The molecule has 0 aromatic carbocycles. The molecular formula is C11H14N2O5S. The van der Waals surface area contributed by atoms with Gasteiger partial charge in [-0.2, -0.15) is 0 Å². The fraction of sp³-hybridized carbons (Fsp3) is 0.455. The van der Waals surface area contributed by atoms with Crippen LogP contribution in [0.3, 0.4) is 0 Å². The molecule has 1 N–H and O–H groups in total. The van der Waals surface area contributed by atoms with Crippen molar-refractivity contribution in [2.24, 2.45) is 0 Å². The molecule has 0 fully saturated rings. The molecule has 1 rings (SSSR count). The number of carbonyl (C=O) groups is 2. The van der Waals surface area contributed by atoms with Gasteiger partial charge in [-0.05, 0) is 26.8 Å². The highest BCUT2D eigenvalue weighted by Crippen LogP contribution is 2.27. The number of nitrogens with zero attached hydrogens (tertiary/aromatic N) is 2. The number of thiophene rings is 1. The van der Waals surface area contributed by atoms with Gasteiger partial charge >= 0.3 is 11.0 Å². The third-order valence-corrected chi connectivity index (χ3v) is 3.77. The van der Waals surface area contributed by atoms with Crippen LogP contribution in [0.1, 0.15) is 30.4 Å². The Morgan fingerprint density at radius 1 is 1.47 bits per heavy atom. The van der Waals surface area contributed by atoms with Crippen LogP contribution in [-0.2, 0) is 4.79 Å². The zero-order chi connectivity index (χ0) is 14.8. The van der Waals surface area contributed by atoms with E-state index in [-0.39, 0.29) is 16.4 Å². The summed E-state index contributed by atoms with van der Waals surface area (Å²) in [6.07, 6.45) is 0. The van der Waals surface area contributed by atoms with Crippen molar-refractivity contribution in [2.75, 3.05) is 6.54 Å². The molecule has 0 saturated heterocycles. The molecule has 0 saturated carbocycles. The molecule has 0 radical (unpaired) electrons. The van der Waals surface area contributed by atoms with Crippen molar-refractivity contribution in [1.29, 1.82) is 0 Å². The first-order chi connectivity index (χ1) is 8.71. The van der Waals surface area contributed by atoms with E-state index in [2.05, 4.69) is 0 Å². The lowest BCUT2D eigenvalue weighted by atomic mass is 10.0. The van der Waals surface area contributed by atoms with Crippen molar-refractivity contribution in [1.82, 2.24) is 4.90 Å². The van der Waals surface area contributed by atoms with Crippen molar-refractivity contribution >= 4 is 28.2 Å². The van der Waals surface area contributed by atoms with Crippen molar-refractivity contribution in [3.05, 3.63) is 27.1 Å². The van der Waals surface area contributed by atoms with Gasteiger partial charge in [0.25, 0.3) is 5.91 Å². The van der Waals surface area contributed by atoms with E-state index >= 15 is 0 Å². The number of hydrogen-bond donors (Lipinski definition) is 1. The fourth-order valence-corrected chi connectivity index (χ4v) is 2.35. The minimum absolute atomic E-state index is 0.146. The lowest BCUT2D eigenvalue weighted by Crippen LogP contribution is -2.52. The highest BCUT2D eigenvalue weighted by atomic mass is 32.1. The smallest absolute Gasteiger partial charge is 0.329 e. The first kappa shape index (κ1) is 15.1. The van der Waals surface area contributed by atoms with Gasteiger partial charge < -0.3 is 10.0 Å². The second kappa shape index (κ2) is 5.35. The van der Waals surface area contributed by atoms with E-state index in [1.807, 2.05) is 0 Å². The van der Waals surface area contributed by atoms with Gasteiger partial charge in [-0.1, -0.05) is 11.3 Å². The Bertz CT molecular complexity index is 523. The number of carboxylic acids is 1. The molecule has 1 heterocycles. The van der Waals surface area contributed by atoms with E-state index < -0.39 is 22.3 Å². The van der Waals surface area contributed by atoms with Gasteiger partial charge in [0.1, 0.15) is 5.54 Å². The van der Waals surface area contributed by atoms with Gasteiger partial charge in [-0.3, -0.25) is 14.9 Å². The molecule has 0 aliphatic heterocycles. The number of rotatable bonds is 5. The average Bonchev–Trinajstić information content (AvgIpc) is 2.78. The van der Waals surface area contributed by atoms with Crippen LogP contribution in [0.25, 0.3) is 0 Å². The summed E-state index contributed by atoms with van der Waals surface area (Å²) in [5.41, 5.74) is -1.37. The maximum absolute atomic E-state index is 12.2. The molecule has 19 heavy (non-hydrogen) atoms. The maximum Gasteiger partial charge on any atom is 0.329 e. The molecule has 0 aliphatic rings. The molecule has 104 valence electrons. The topological polar surface area (TPSA) is 101 Å². The normalized spacial score (nSPS) is 11.1. The summed E-state index contributed by atoms with van der Waals surface area (Å²) in [5.74, 6) is -1.65. The third-order valence-electron chi connectivity index (χ3n) is 2.74. The molecule has 0 bridgehead atoms. The molecule has 0 atom stereocenters. The van der Waals surface area contributed by atoms with Crippen molar-refractivity contribution in [3.8, 4) is 0 Å². The van der Waals surface area contributed by atoms with Gasteiger partial charge in [0.2, 0.25) is 0 Å². The number of amides is 1. The molecule has 8 heteroatoms. The molecule has 7 nitrogen and oxygen atoms in total. The molecule has 1 aromatic heterocycles. The van der Waals surface area contributed by atoms with Gasteiger partial charge in [0, 0.05) is 12.6 Å². The second-order valence-electron chi connectivity index (χ2n) is 4.31. The van der Waals surface area contributed by atoms with Gasteiger partial charge in [0.05, 0.1) is 9.80 Å². The quantitative estimate of drug-likeness (QED) is 0.658. The molecule has 1 aromatic rings. The van der Waals surface area contributed by atoms with Crippen LogP contribution in [0, 0.1) is 10.1 Å². The van der Waals surface area contributed by atoms with Crippen molar-refractivity contribution in [2.45, 2.75) is 26.3 Å². The minimum Gasteiger partial charge on any atom is -0.480 e. The van der Waals surface area contributed by atoms with E-state index in [0.717, 1.165) is 11.3 Å². The standard InChI is InChI=1S/C11H14N2O5S/c1-4-12(11(2,3)10(15)16)9(14)7-5-6-8(19-7)13(17)18/h5-6H,4H2,1-3H3,(H,15,16). The number of hydrogen-bond acceptors (Lipinski definition) is 5. The second-order valence-corrected chi connectivity index (χ2v) is 5.37. The summed E-state index contributed by atoms with van der Waals surface area (Å²) in [6, 6.07) is 2.57. The first-order valence-corrected chi connectivity index (χ1v) is 6.33. The Morgan fingerprint density at radius 3 is 2.42 bits per heavy atom. The van der Waals surface area contributed by atoms with E-state index in [0.29, 0.717) is 0 Å². The molecular weight excluding hydrogens is 272 g/mol. The van der Waals surface area contributed by atoms with Crippen LogP contribution in [0.2, 0.25) is 0 Å². The summed E-state index contributed by atoms with van der Waals surface area (Å²) < 4.78 is 0. The highest BCUT2D eigenvalue weighted by molar-refractivity contribution is 7.17. The lowest BCUT2D eigenvalue weighted by molar-refractivity contribution is -0.380. The minimum atomic E-state index is -1.37. The Kier molecular flexibility index (Phi) is 4.25. The van der Waals surface area contributed by atoms with E-state index in [1.165, 1.54) is 30.9 Å². The van der Waals surface area contributed by atoms with Gasteiger partial charge in [0.15, 0.2) is 0 Å². The van der Waals surface area contributed by atoms with Gasteiger partial charge in [-0.15, -0.1) is 0 Å². The van der Waals surface area contributed by atoms with Crippen LogP contribution < -0.4 is 0 Å². The van der Waals surface area contributed by atoms with E-state index in [4.69, 9.17) is 5.11 Å². The number of nitro groups is 1. The van der Waals surface area contributed by atoms with Crippen molar-refractivity contribution in [3.63, 3.8) is 0 Å². The lowest BCUT2D eigenvalue weighted by Gasteiger charge is -2.33. The number of likely N-dealkylation sites (N-methyl/N-ethyl adjacent to an activating group) is 1. The molecule has 1 amide bonds. The number of aliphatic carboxylic acids is 1. The highest BCUT2D eigenvalue weighted by Gasteiger charge is 2.38. The SMILES string of the molecule is CCN(C(=O)c1ccc([N+](=O)[O-])s1)C(C)(C)C(=O)O. The number of carbonyl (C=O) groups excluding carboxylic acids is 1. The summed E-state index contributed by atoms with van der Waals surface area (Å²) in [6.45, 7) is 4.69. The molecule has 0 unspecified atom stereocenters. The maximum atomic E-state index is 12.2. The zero-order valence-corrected chi connectivity index (χ0v) is 11.6. The van der Waals surface area contributed by atoms with Crippen LogP contribution >= 0.6 is 11.3 Å². The Balaban J connectivity index is 3.08.